The molecule has 0 unspecified atom stereocenters. The number of hydrogen-bond donors (Lipinski definition) is 1. The topological polar surface area (TPSA) is 107 Å². The Balaban J connectivity index is 1.07. The molecule has 4 fully saturated rings. The normalized spacial score (nSPS) is 22.6. The van der Waals surface area contributed by atoms with Gasteiger partial charge in [0.1, 0.15) is 17.9 Å². The molecule has 1 spiro atoms. The van der Waals surface area contributed by atoms with Crippen molar-refractivity contribution in [2.75, 3.05) is 37.6 Å². The minimum absolute atomic E-state index is 0.114. The van der Waals surface area contributed by atoms with Gasteiger partial charge >= 0.3 is 0 Å². The summed E-state index contributed by atoms with van der Waals surface area (Å²) in [5.41, 5.74) is 3.19. The maximum absolute atomic E-state index is 14.6. The molecular weight excluding hydrogens is 545 g/mol. The Morgan fingerprint density at radius 2 is 1.95 bits per heavy atom. The molecule has 1 saturated carbocycles. The molecule has 43 heavy (non-hydrogen) atoms. The molecule has 220 valence electrons. The van der Waals surface area contributed by atoms with E-state index in [1.807, 2.05) is 23.1 Å². The predicted molar refractivity (Wildman–Crippen MR) is 159 cm³/mol. The Labute approximate surface area is 250 Å². The second-order valence-corrected chi connectivity index (χ2v) is 12.3. The van der Waals surface area contributed by atoms with E-state index in [1.54, 1.807) is 12.1 Å². The Morgan fingerprint density at radius 1 is 1.14 bits per heavy atom. The number of ether oxygens (including phenoxy) is 1. The zero-order chi connectivity index (χ0) is 29.6. The van der Waals surface area contributed by atoms with Crippen molar-refractivity contribution < 1.29 is 13.9 Å². The van der Waals surface area contributed by atoms with E-state index in [4.69, 9.17) is 4.74 Å². The van der Waals surface area contributed by atoms with Crippen molar-refractivity contribution in [1.82, 2.24) is 25.4 Å². The maximum Gasteiger partial charge on any atom is 0.282 e. The van der Waals surface area contributed by atoms with E-state index in [0.717, 1.165) is 76.0 Å². The van der Waals surface area contributed by atoms with Gasteiger partial charge in [0.15, 0.2) is 5.82 Å². The molecule has 2 atom stereocenters. The summed E-state index contributed by atoms with van der Waals surface area (Å²) in [5.74, 6) is 1.69. The number of hydrogen-bond acceptors (Lipinski definition) is 8. The first kappa shape index (κ1) is 27.5. The molecule has 1 aliphatic carbocycles. The molecule has 9 nitrogen and oxygen atoms in total. The number of carbonyl (C=O) groups excluding carboxylic acids is 1. The summed E-state index contributed by atoms with van der Waals surface area (Å²) >= 11 is 0. The van der Waals surface area contributed by atoms with Crippen LogP contribution < -0.4 is 15.0 Å². The van der Waals surface area contributed by atoms with E-state index < -0.39 is 0 Å². The highest BCUT2D eigenvalue weighted by Gasteiger charge is 2.48. The Hall–Kier alpha value is -4.36. The Morgan fingerprint density at radius 3 is 2.70 bits per heavy atom. The first-order valence-corrected chi connectivity index (χ1v) is 15.1. The zero-order valence-corrected chi connectivity index (χ0v) is 24.0. The second kappa shape index (κ2) is 11.0. The van der Waals surface area contributed by atoms with E-state index in [9.17, 15) is 14.4 Å². The third-order valence-corrected chi connectivity index (χ3v) is 9.53. The summed E-state index contributed by atoms with van der Waals surface area (Å²) < 4.78 is 20.9. The molecule has 1 N–H and O–H groups in total. The second-order valence-electron chi connectivity index (χ2n) is 12.3. The van der Waals surface area contributed by atoms with Crippen molar-refractivity contribution >= 4 is 11.7 Å². The van der Waals surface area contributed by atoms with E-state index in [1.165, 1.54) is 18.5 Å². The highest BCUT2D eigenvalue weighted by atomic mass is 19.1. The van der Waals surface area contributed by atoms with Crippen molar-refractivity contribution in [3.8, 4) is 28.8 Å². The van der Waals surface area contributed by atoms with Crippen LogP contribution in [0.1, 0.15) is 49.1 Å². The molecule has 10 heteroatoms. The summed E-state index contributed by atoms with van der Waals surface area (Å²) in [7, 11) is 0. The van der Waals surface area contributed by atoms with E-state index in [2.05, 4.69) is 38.0 Å². The number of nitrogens with one attached hydrogen (secondary N) is 1. The van der Waals surface area contributed by atoms with Crippen LogP contribution in [0.2, 0.25) is 0 Å². The molecule has 1 amide bonds. The van der Waals surface area contributed by atoms with Gasteiger partial charge in [-0.25, -0.2) is 9.37 Å². The zero-order valence-electron chi connectivity index (χ0n) is 24.0. The van der Waals surface area contributed by atoms with Gasteiger partial charge in [-0.15, -0.1) is 16.8 Å². The summed E-state index contributed by atoms with van der Waals surface area (Å²) in [6.07, 6.45) is 8.22. The number of rotatable bonds is 7. The van der Waals surface area contributed by atoms with E-state index >= 15 is 0 Å². The molecule has 2 aromatic carbocycles. The molecule has 0 radical (unpaired) electrons. The quantitative estimate of drug-likeness (QED) is 0.398. The monoisotopic (exact) mass is 579 g/mol. The summed E-state index contributed by atoms with van der Waals surface area (Å²) in [6, 6.07) is 12.0. The van der Waals surface area contributed by atoms with Crippen LogP contribution >= 0.6 is 0 Å². The number of nitrogens with zero attached hydrogens (tertiary/aromatic N) is 6. The fraction of sp³-hybridized carbons (Fsp3) is 0.424. The van der Waals surface area contributed by atoms with Gasteiger partial charge in [0.25, 0.3) is 5.88 Å². The van der Waals surface area contributed by atoms with Gasteiger partial charge in [0, 0.05) is 43.1 Å². The summed E-state index contributed by atoms with van der Waals surface area (Å²) in [4.78, 5) is 21.8. The lowest BCUT2D eigenvalue weighted by Gasteiger charge is -2.54. The van der Waals surface area contributed by atoms with Gasteiger partial charge in [-0.3, -0.25) is 4.79 Å². The number of anilines is 1. The summed E-state index contributed by atoms with van der Waals surface area (Å²) in [5, 5.41) is 21.1. The fourth-order valence-corrected chi connectivity index (χ4v) is 6.93. The number of amides is 1. The van der Waals surface area contributed by atoms with Gasteiger partial charge in [-0.2, -0.15) is 5.26 Å². The number of carbonyl (C=O) groups is 1. The fourth-order valence-electron chi connectivity index (χ4n) is 6.93. The molecule has 3 aromatic rings. The van der Waals surface area contributed by atoms with E-state index in [-0.39, 0.29) is 35.0 Å². The number of aromatic nitrogens is 3. The molecule has 3 aliphatic heterocycles. The largest absolute Gasteiger partial charge is 0.434 e. The van der Waals surface area contributed by atoms with Gasteiger partial charge in [0.05, 0.1) is 17.7 Å². The van der Waals surface area contributed by atoms with Crippen molar-refractivity contribution in [3.05, 3.63) is 72.3 Å². The minimum atomic E-state index is -0.371. The molecular formula is C33H34FN7O2. The van der Waals surface area contributed by atoms with Gasteiger partial charge in [0.2, 0.25) is 5.91 Å². The van der Waals surface area contributed by atoms with Crippen LogP contribution in [0.15, 0.2) is 55.4 Å². The third kappa shape index (κ3) is 5.23. The third-order valence-electron chi connectivity index (χ3n) is 9.53. The lowest BCUT2D eigenvalue weighted by atomic mass is 9.72. The van der Waals surface area contributed by atoms with Crippen LogP contribution in [0, 0.1) is 28.5 Å². The minimum Gasteiger partial charge on any atom is -0.434 e. The molecule has 4 aliphatic rings. The number of benzene rings is 2. The van der Waals surface area contributed by atoms with Crippen molar-refractivity contribution in [1.29, 1.82) is 5.26 Å². The van der Waals surface area contributed by atoms with Crippen LogP contribution in [0.5, 0.6) is 11.6 Å². The van der Waals surface area contributed by atoms with Crippen molar-refractivity contribution in [3.63, 3.8) is 0 Å². The average molecular weight is 580 g/mol. The van der Waals surface area contributed by atoms with Gasteiger partial charge in [-0.05, 0) is 86.0 Å². The number of halogens is 1. The summed E-state index contributed by atoms with van der Waals surface area (Å²) in [6.45, 7) is 7.83. The number of likely N-dealkylation sites (tertiary alicyclic amines) is 1. The van der Waals surface area contributed by atoms with Crippen molar-refractivity contribution in [2.24, 2.45) is 11.3 Å². The number of nitriles is 1. The van der Waals surface area contributed by atoms with Crippen LogP contribution in [0.25, 0.3) is 11.1 Å². The highest BCUT2D eigenvalue weighted by molar-refractivity contribution is 5.83. The van der Waals surface area contributed by atoms with Gasteiger partial charge in [-0.1, -0.05) is 12.1 Å². The molecule has 3 saturated heterocycles. The van der Waals surface area contributed by atoms with Crippen molar-refractivity contribution in [2.45, 2.75) is 44.1 Å². The molecule has 1 aromatic heterocycles. The molecule has 4 heterocycles. The van der Waals surface area contributed by atoms with Crippen LogP contribution in [0.4, 0.5) is 10.2 Å². The standard InChI is InChI=1S/C33H34FN7O2/c1-2-22-9-12-36-29(22)32(42)40-13-10-33(11-14-40)18-41(19-33)30-31(39-38-20-37-30)43-28-8-6-24(34)16-27(28)25-7-3-21(17-35)15-26(25)23-4-5-23/h2-3,6-8,15-16,20,22-23,29,36H,1,4-5,9-14,18-19H2/t22-,29-/m0/s1. The first-order chi connectivity index (χ1) is 21.0. The lowest BCUT2D eigenvalue weighted by molar-refractivity contribution is -0.136. The molecule has 0 bridgehead atoms. The van der Waals surface area contributed by atoms with Gasteiger partial charge < -0.3 is 19.9 Å². The average Bonchev–Trinajstić information content (AvgIpc) is 3.76. The van der Waals surface area contributed by atoms with Crippen LogP contribution in [-0.4, -0.2) is 64.8 Å². The smallest absolute Gasteiger partial charge is 0.282 e. The first-order valence-electron chi connectivity index (χ1n) is 15.1. The Bertz CT molecular complexity index is 1600. The van der Waals surface area contributed by atoms with E-state index in [0.29, 0.717) is 28.6 Å². The Kier molecular flexibility index (Phi) is 7.06. The van der Waals surface area contributed by atoms with Crippen LogP contribution in [-0.2, 0) is 4.79 Å². The predicted octanol–water partition coefficient (Wildman–Crippen LogP) is 4.81. The molecule has 7 rings (SSSR count). The lowest BCUT2D eigenvalue weighted by Crippen LogP contribution is -2.62. The number of piperidine rings is 1. The SMILES string of the molecule is C=C[C@H]1CCN[C@@H]1C(=O)N1CCC2(CC1)CN(c1ncnnc1Oc1ccc(F)cc1-c1ccc(C#N)cc1C1CC1)C2. The maximum atomic E-state index is 14.6. The highest BCUT2D eigenvalue weighted by Crippen LogP contribution is 2.48. The van der Waals surface area contributed by atoms with Crippen LogP contribution in [0.3, 0.4) is 0 Å².